The molecule has 0 atom stereocenters. The first-order chi connectivity index (χ1) is 8.08. The highest BCUT2D eigenvalue weighted by molar-refractivity contribution is 5.89. The number of benzene rings is 1. The third-order valence-corrected chi connectivity index (χ3v) is 2.92. The summed E-state index contributed by atoms with van der Waals surface area (Å²) in [6.07, 6.45) is 3.35. The summed E-state index contributed by atoms with van der Waals surface area (Å²) in [4.78, 5) is 11.6. The van der Waals surface area contributed by atoms with Gasteiger partial charge in [0.15, 0.2) is 0 Å². The van der Waals surface area contributed by atoms with Crippen molar-refractivity contribution in [2.24, 2.45) is 0 Å². The Bertz CT molecular complexity index is 381. The maximum absolute atomic E-state index is 11.6. The van der Waals surface area contributed by atoms with Crippen LogP contribution in [-0.4, -0.2) is 13.1 Å². The van der Waals surface area contributed by atoms with Gasteiger partial charge in [0, 0.05) is 0 Å². The molecule has 0 aliphatic carbocycles. The summed E-state index contributed by atoms with van der Waals surface area (Å²) in [5.41, 5.74) is 3.11. The molecule has 94 valence electrons. The average molecular weight is 234 g/mol. The highest BCUT2D eigenvalue weighted by Crippen LogP contribution is 2.20. The monoisotopic (exact) mass is 234 g/mol. The third kappa shape index (κ3) is 3.88. The number of methoxy groups -OCH3 is 1. The fourth-order valence-corrected chi connectivity index (χ4v) is 1.81. The second-order valence-electron chi connectivity index (χ2n) is 4.71. The Morgan fingerprint density at radius 2 is 2.00 bits per heavy atom. The van der Waals surface area contributed by atoms with Crippen LogP contribution in [0.3, 0.4) is 0 Å². The van der Waals surface area contributed by atoms with E-state index in [2.05, 4.69) is 26.8 Å². The van der Waals surface area contributed by atoms with Crippen LogP contribution >= 0.6 is 0 Å². The molecule has 17 heavy (non-hydrogen) atoms. The maximum Gasteiger partial charge on any atom is 0.337 e. The molecule has 0 fully saturated rings. The number of ether oxygens (including phenoxy) is 1. The van der Waals surface area contributed by atoms with Crippen LogP contribution in [0, 0.1) is 0 Å². The summed E-state index contributed by atoms with van der Waals surface area (Å²) in [5.74, 6) is 0.185. The van der Waals surface area contributed by atoms with Gasteiger partial charge < -0.3 is 4.74 Å². The molecule has 0 saturated heterocycles. The Balaban J connectivity index is 3.05. The molecular weight excluding hydrogens is 212 g/mol. The van der Waals surface area contributed by atoms with Crippen molar-refractivity contribution >= 4 is 5.97 Å². The topological polar surface area (TPSA) is 26.3 Å². The standard InChI is InChI=1S/C15H22O2/c1-5-6-7-12-8-13(11(2)3)10-14(9-12)15(16)17-4/h8-11H,5-7H2,1-4H3. The van der Waals surface area contributed by atoms with Gasteiger partial charge in [-0.25, -0.2) is 4.79 Å². The van der Waals surface area contributed by atoms with E-state index in [0.29, 0.717) is 11.5 Å². The van der Waals surface area contributed by atoms with Gasteiger partial charge >= 0.3 is 5.97 Å². The summed E-state index contributed by atoms with van der Waals surface area (Å²) in [6.45, 7) is 6.45. The molecule has 0 aliphatic heterocycles. The van der Waals surface area contributed by atoms with E-state index in [1.54, 1.807) is 0 Å². The van der Waals surface area contributed by atoms with Gasteiger partial charge in [-0.3, -0.25) is 0 Å². The van der Waals surface area contributed by atoms with Gasteiger partial charge in [-0.05, 0) is 42.0 Å². The van der Waals surface area contributed by atoms with E-state index in [4.69, 9.17) is 4.74 Å². The number of hydrogen-bond acceptors (Lipinski definition) is 2. The van der Waals surface area contributed by atoms with Crippen molar-refractivity contribution in [1.29, 1.82) is 0 Å². The number of carbonyl (C=O) groups excluding carboxylic acids is 1. The molecule has 0 heterocycles. The quantitative estimate of drug-likeness (QED) is 0.721. The van der Waals surface area contributed by atoms with Gasteiger partial charge in [-0.15, -0.1) is 0 Å². The van der Waals surface area contributed by atoms with Crippen LogP contribution in [0.15, 0.2) is 18.2 Å². The van der Waals surface area contributed by atoms with Crippen LogP contribution < -0.4 is 0 Å². The van der Waals surface area contributed by atoms with Gasteiger partial charge in [-0.2, -0.15) is 0 Å². The van der Waals surface area contributed by atoms with E-state index in [1.165, 1.54) is 24.7 Å². The van der Waals surface area contributed by atoms with Crippen LogP contribution in [0.1, 0.15) is 61.0 Å². The molecule has 2 nitrogen and oxygen atoms in total. The predicted molar refractivity (Wildman–Crippen MR) is 70.5 cm³/mol. The number of aryl methyl sites for hydroxylation is 1. The first-order valence-corrected chi connectivity index (χ1v) is 6.30. The SMILES string of the molecule is CCCCc1cc(C(=O)OC)cc(C(C)C)c1. The Labute approximate surface area is 104 Å². The summed E-state index contributed by atoms with van der Waals surface area (Å²) in [5, 5.41) is 0. The van der Waals surface area contributed by atoms with Crippen LogP contribution in [0.4, 0.5) is 0 Å². The number of unbranched alkanes of at least 4 members (excludes halogenated alkanes) is 1. The highest BCUT2D eigenvalue weighted by Gasteiger charge is 2.10. The van der Waals surface area contributed by atoms with Crippen LogP contribution in [0.2, 0.25) is 0 Å². The molecule has 0 unspecified atom stereocenters. The largest absolute Gasteiger partial charge is 0.465 e. The normalized spacial score (nSPS) is 10.6. The number of esters is 1. The fourth-order valence-electron chi connectivity index (χ4n) is 1.81. The summed E-state index contributed by atoms with van der Waals surface area (Å²) in [6, 6.07) is 6.09. The molecule has 0 bridgehead atoms. The van der Waals surface area contributed by atoms with Gasteiger partial charge in [0.1, 0.15) is 0 Å². The molecule has 0 radical (unpaired) electrons. The fraction of sp³-hybridized carbons (Fsp3) is 0.533. The zero-order valence-corrected chi connectivity index (χ0v) is 11.2. The summed E-state index contributed by atoms with van der Waals surface area (Å²) in [7, 11) is 1.43. The Kier molecular flexibility index (Phi) is 5.20. The highest BCUT2D eigenvalue weighted by atomic mass is 16.5. The zero-order valence-electron chi connectivity index (χ0n) is 11.2. The number of carbonyl (C=O) groups is 1. The second kappa shape index (κ2) is 6.43. The smallest absolute Gasteiger partial charge is 0.337 e. The summed E-state index contributed by atoms with van der Waals surface area (Å²) >= 11 is 0. The lowest BCUT2D eigenvalue weighted by Crippen LogP contribution is -2.04. The molecule has 0 spiro atoms. The van der Waals surface area contributed by atoms with Crippen molar-refractivity contribution in [3.63, 3.8) is 0 Å². The molecule has 0 aliphatic rings. The second-order valence-corrected chi connectivity index (χ2v) is 4.71. The minimum Gasteiger partial charge on any atom is -0.465 e. The number of rotatable bonds is 5. The summed E-state index contributed by atoms with van der Waals surface area (Å²) < 4.78 is 4.79. The van der Waals surface area contributed by atoms with Crippen molar-refractivity contribution in [1.82, 2.24) is 0 Å². The van der Waals surface area contributed by atoms with Gasteiger partial charge in [-0.1, -0.05) is 33.3 Å². The van der Waals surface area contributed by atoms with Gasteiger partial charge in [0.05, 0.1) is 12.7 Å². The lowest BCUT2D eigenvalue weighted by atomic mass is 9.95. The van der Waals surface area contributed by atoms with Crippen molar-refractivity contribution < 1.29 is 9.53 Å². The zero-order chi connectivity index (χ0) is 12.8. The van der Waals surface area contributed by atoms with E-state index < -0.39 is 0 Å². The van der Waals surface area contributed by atoms with E-state index in [-0.39, 0.29) is 5.97 Å². The first kappa shape index (κ1) is 13.8. The molecule has 1 aromatic rings. The number of hydrogen-bond donors (Lipinski definition) is 0. The van der Waals surface area contributed by atoms with Crippen LogP contribution in [0.5, 0.6) is 0 Å². The molecule has 2 heteroatoms. The minimum absolute atomic E-state index is 0.245. The molecular formula is C15H22O2. The Hall–Kier alpha value is -1.31. The molecule has 0 aromatic heterocycles. The van der Waals surface area contributed by atoms with Gasteiger partial charge in [0.25, 0.3) is 0 Å². The Morgan fingerprint density at radius 1 is 1.29 bits per heavy atom. The third-order valence-electron chi connectivity index (χ3n) is 2.92. The van der Waals surface area contributed by atoms with E-state index in [0.717, 1.165) is 12.8 Å². The molecule has 0 N–H and O–H groups in total. The van der Waals surface area contributed by atoms with Crippen LogP contribution in [-0.2, 0) is 11.2 Å². The first-order valence-electron chi connectivity index (χ1n) is 6.30. The van der Waals surface area contributed by atoms with Crippen molar-refractivity contribution in [3.05, 3.63) is 34.9 Å². The van der Waals surface area contributed by atoms with E-state index in [9.17, 15) is 4.79 Å². The lowest BCUT2D eigenvalue weighted by molar-refractivity contribution is 0.0600. The molecule has 0 saturated carbocycles. The molecule has 1 aromatic carbocycles. The minimum atomic E-state index is -0.245. The average Bonchev–Trinajstić information content (AvgIpc) is 2.34. The molecule has 1 rings (SSSR count). The van der Waals surface area contributed by atoms with Crippen molar-refractivity contribution in [2.75, 3.05) is 7.11 Å². The molecule has 0 amide bonds. The van der Waals surface area contributed by atoms with Gasteiger partial charge in [0.2, 0.25) is 0 Å². The predicted octanol–water partition coefficient (Wildman–Crippen LogP) is 3.94. The van der Waals surface area contributed by atoms with Crippen LogP contribution in [0.25, 0.3) is 0 Å². The lowest BCUT2D eigenvalue weighted by Gasteiger charge is -2.11. The Morgan fingerprint density at radius 3 is 2.53 bits per heavy atom. The van der Waals surface area contributed by atoms with E-state index >= 15 is 0 Å². The van der Waals surface area contributed by atoms with Crippen molar-refractivity contribution in [3.8, 4) is 0 Å². The maximum atomic E-state index is 11.6. The van der Waals surface area contributed by atoms with E-state index in [1.807, 2.05) is 12.1 Å². The van der Waals surface area contributed by atoms with Crippen molar-refractivity contribution in [2.45, 2.75) is 46.0 Å².